The summed E-state index contributed by atoms with van der Waals surface area (Å²) in [4.78, 5) is 1.77. The maximum absolute atomic E-state index is 9.73. The van der Waals surface area contributed by atoms with Crippen molar-refractivity contribution in [2.45, 2.75) is 6.10 Å². The Morgan fingerprint density at radius 3 is 2.40 bits per heavy atom. The first-order valence-electron chi connectivity index (χ1n) is 4.93. The SMILES string of the molecule is OCCN(CCO)CC(O)c1ccco1. The number of aliphatic hydroxyl groups is 3. The summed E-state index contributed by atoms with van der Waals surface area (Å²) in [5, 5.41) is 27.3. The Hall–Kier alpha value is -0.880. The minimum absolute atomic E-state index is 0.00484. The van der Waals surface area contributed by atoms with E-state index >= 15 is 0 Å². The Morgan fingerprint density at radius 1 is 1.27 bits per heavy atom. The third kappa shape index (κ3) is 4.01. The van der Waals surface area contributed by atoms with Crippen LogP contribution in [0.2, 0.25) is 0 Å². The second-order valence-electron chi connectivity index (χ2n) is 3.28. The molecule has 0 saturated carbocycles. The van der Waals surface area contributed by atoms with Crippen LogP contribution >= 0.6 is 0 Å². The lowest BCUT2D eigenvalue weighted by Crippen LogP contribution is -2.33. The summed E-state index contributed by atoms with van der Waals surface area (Å²) >= 11 is 0. The van der Waals surface area contributed by atoms with Gasteiger partial charge in [0.05, 0.1) is 19.5 Å². The van der Waals surface area contributed by atoms with Gasteiger partial charge in [0.15, 0.2) is 0 Å². The number of nitrogens with zero attached hydrogens (tertiary/aromatic N) is 1. The second kappa shape index (κ2) is 6.58. The number of rotatable bonds is 7. The summed E-state index contributed by atoms with van der Waals surface area (Å²) in [6, 6.07) is 3.40. The molecule has 0 radical (unpaired) electrons. The molecule has 5 heteroatoms. The van der Waals surface area contributed by atoms with Gasteiger partial charge < -0.3 is 19.7 Å². The summed E-state index contributed by atoms with van der Waals surface area (Å²) in [5.74, 6) is 0.496. The van der Waals surface area contributed by atoms with Crippen LogP contribution in [-0.2, 0) is 0 Å². The molecule has 0 aliphatic heterocycles. The quantitative estimate of drug-likeness (QED) is 0.577. The number of furan rings is 1. The molecule has 1 heterocycles. The van der Waals surface area contributed by atoms with Gasteiger partial charge in [0, 0.05) is 19.6 Å². The highest BCUT2D eigenvalue weighted by Gasteiger charge is 2.14. The van der Waals surface area contributed by atoms with Crippen LogP contribution < -0.4 is 0 Å². The molecule has 15 heavy (non-hydrogen) atoms. The van der Waals surface area contributed by atoms with Gasteiger partial charge in [0.2, 0.25) is 0 Å². The van der Waals surface area contributed by atoms with Gasteiger partial charge in [-0.2, -0.15) is 0 Å². The van der Waals surface area contributed by atoms with Gasteiger partial charge in [-0.3, -0.25) is 4.90 Å². The van der Waals surface area contributed by atoms with Crippen LogP contribution in [0.15, 0.2) is 22.8 Å². The van der Waals surface area contributed by atoms with E-state index in [4.69, 9.17) is 14.6 Å². The normalized spacial score (nSPS) is 13.3. The van der Waals surface area contributed by atoms with Gasteiger partial charge in [-0.05, 0) is 12.1 Å². The van der Waals surface area contributed by atoms with Crippen molar-refractivity contribution in [3.05, 3.63) is 24.2 Å². The molecule has 0 amide bonds. The smallest absolute Gasteiger partial charge is 0.133 e. The molecule has 5 nitrogen and oxygen atoms in total. The molecule has 0 saturated heterocycles. The lowest BCUT2D eigenvalue weighted by molar-refractivity contribution is 0.0744. The van der Waals surface area contributed by atoms with Gasteiger partial charge in [-0.1, -0.05) is 0 Å². The van der Waals surface area contributed by atoms with E-state index in [2.05, 4.69) is 0 Å². The van der Waals surface area contributed by atoms with E-state index < -0.39 is 6.10 Å². The van der Waals surface area contributed by atoms with E-state index in [1.165, 1.54) is 6.26 Å². The van der Waals surface area contributed by atoms with Gasteiger partial charge in [0.25, 0.3) is 0 Å². The summed E-state index contributed by atoms with van der Waals surface area (Å²) in [6.07, 6.45) is 0.777. The van der Waals surface area contributed by atoms with Crippen LogP contribution in [0.1, 0.15) is 11.9 Å². The Bertz CT molecular complexity index is 244. The Balaban J connectivity index is 2.43. The zero-order valence-electron chi connectivity index (χ0n) is 8.54. The summed E-state index contributed by atoms with van der Waals surface area (Å²) in [6.45, 7) is 1.21. The van der Waals surface area contributed by atoms with Gasteiger partial charge in [-0.25, -0.2) is 0 Å². The molecule has 0 spiro atoms. The zero-order chi connectivity index (χ0) is 11.1. The first-order valence-corrected chi connectivity index (χ1v) is 4.93. The fourth-order valence-corrected chi connectivity index (χ4v) is 1.39. The molecule has 1 aromatic rings. The predicted molar refractivity (Wildman–Crippen MR) is 54.3 cm³/mol. The highest BCUT2D eigenvalue weighted by molar-refractivity contribution is 5.02. The van der Waals surface area contributed by atoms with E-state index in [-0.39, 0.29) is 13.2 Å². The largest absolute Gasteiger partial charge is 0.467 e. The molecule has 1 aromatic heterocycles. The monoisotopic (exact) mass is 215 g/mol. The molecule has 1 atom stereocenters. The number of hydrogen-bond donors (Lipinski definition) is 3. The van der Waals surface area contributed by atoms with Gasteiger partial charge in [-0.15, -0.1) is 0 Å². The van der Waals surface area contributed by atoms with Crippen molar-refractivity contribution in [2.24, 2.45) is 0 Å². The van der Waals surface area contributed by atoms with E-state index in [1.54, 1.807) is 17.0 Å². The van der Waals surface area contributed by atoms with Crippen molar-refractivity contribution >= 4 is 0 Å². The third-order valence-electron chi connectivity index (χ3n) is 2.14. The van der Waals surface area contributed by atoms with Crippen LogP contribution in [0.3, 0.4) is 0 Å². The summed E-state index contributed by atoms with van der Waals surface area (Å²) in [7, 11) is 0. The first kappa shape index (κ1) is 12.2. The van der Waals surface area contributed by atoms with Crippen LogP contribution in [0.25, 0.3) is 0 Å². The Labute approximate surface area is 88.6 Å². The summed E-state index contributed by atoms with van der Waals surface area (Å²) < 4.78 is 5.05. The molecular weight excluding hydrogens is 198 g/mol. The maximum Gasteiger partial charge on any atom is 0.133 e. The molecule has 1 rings (SSSR count). The Morgan fingerprint density at radius 2 is 1.93 bits per heavy atom. The van der Waals surface area contributed by atoms with Crippen LogP contribution in [0.4, 0.5) is 0 Å². The minimum Gasteiger partial charge on any atom is -0.467 e. The molecule has 0 aliphatic rings. The molecule has 0 fully saturated rings. The van der Waals surface area contributed by atoms with E-state index in [0.717, 1.165) is 0 Å². The standard InChI is InChI=1S/C10H17NO4/c12-5-3-11(4-6-13)8-9(14)10-2-1-7-15-10/h1-2,7,9,12-14H,3-6,8H2. The molecular formula is C10H17NO4. The predicted octanol–water partition coefficient (Wildman–Crippen LogP) is -0.400. The highest BCUT2D eigenvalue weighted by Crippen LogP contribution is 2.14. The van der Waals surface area contributed by atoms with E-state index in [0.29, 0.717) is 25.4 Å². The first-order chi connectivity index (χ1) is 7.27. The fraction of sp³-hybridized carbons (Fsp3) is 0.600. The van der Waals surface area contributed by atoms with Crippen molar-refractivity contribution in [1.29, 1.82) is 0 Å². The average Bonchev–Trinajstić information content (AvgIpc) is 2.71. The van der Waals surface area contributed by atoms with Crippen molar-refractivity contribution in [3.8, 4) is 0 Å². The number of hydrogen-bond acceptors (Lipinski definition) is 5. The van der Waals surface area contributed by atoms with Crippen LogP contribution in [0, 0.1) is 0 Å². The average molecular weight is 215 g/mol. The van der Waals surface area contributed by atoms with Crippen LogP contribution in [-0.4, -0.2) is 53.1 Å². The second-order valence-corrected chi connectivity index (χ2v) is 3.28. The molecule has 0 bridgehead atoms. The highest BCUT2D eigenvalue weighted by atomic mass is 16.4. The summed E-state index contributed by atoms with van der Waals surface area (Å²) in [5.41, 5.74) is 0. The lowest BCUT2D eigenvalue weighted by atomic mass is 10.2. The van der Waals surface area contributed by atoms with Crippen molar-refractivity contribution in [1.82, 2.24) is 4.90 Å². The van der Waals surface area contributed by atoms with E-state index in [1.807, 2.05) is 0 Å². The fourth-order valence-electron chi connectivity index (χ4n) is 1.39. The maximum atomic E-state index is 9.73. The molecule has 3 N–H and O–H groups in total. The molecule has 0 aliphatic carbocycles. The third-order valence-corrected chi connectivity index (χ3v) is 2.14. The lowest BCUT2D eigenvalue weighted by Gasteiger charge is -2.22. The van der Waals surface area contributed by atoms with Crippen molar-refractivity contribution in [3.63, 3.8) is 0 Å². The molecule has 1 unspecified atom stereocenters. The minimum atomic E-state index is -0.724. The van der Waals surface area contributed by atoms with Gasteiger partial charge in [0.1, 0.15) is 11.9 Å². The Kier molecular flexibility index (Phi) is 5.34. The van der Waals surface area contributed by atoms with Crippen molar-refractivity contribution in [2.75, 3.05) is 32.8 Å². The topological polar surface area (TPSA) is 77.1 Å². The molecule has 0 aromatic carbocycles. The molecule has 86 valence electrons. The van der Waals surface area contributed by atoms with Crippen LogP contribution in [0.5, 0.6) is 0 Å². The van der Waals surface area contributed by atoms with E-state index in [9.17, 15) is 5.11 Å². The zero-order valence-corrected chi connectivity index (χ0v) is 8.54. The number of aliphatic hydroxyl groups excluding tert-OH is 3. The van der Waals surface area contributed by atoms with Gasteiger partial charge >= 0.3 is 0 Å². The van der Waals surface area contributed by atoms with Crippen molar-refractivity contribution < 1.29 is 19.7 Å².